The molecule has 0 aliphatic carbocycles. The lowest BCUT2D eigenvalue weighted by atomic mass is 10.1. The highest BCUT2D eigenvalue weighted by atomic mass is 79.9. The van der Waals surface area contributed by atoms with Crippen LogP contribution in [0, 0.1) is 0 Å². The molecule has 3 nitrogen and oxygen atoms in total. The molecule has 2 aromatic rings. The number of likely N-dealkylation sites (N-methyl/N-ethyl adjacent to an activating group) is 1. The predicted molar refractivity (Wildman–Crippen MR) is 89.5 cm³/mol. The molecule has 1 N–H and O–H groups in total. The number of rotatable bonds is 6. The summed E-state index contributed by atoms with van der Waals surface area (Å²) in [6.07, 6.45) is 3.01. The van der Waals surface area contributed by atoms with Crippen molar-refractivity contribution in [3.63, 3.8) is 0 Å². The lowest BCUT2D eigenvalue weighted by Gasteiger charge is -2.15. The lowest BCUT2D eigenvalue weighted by Crippen LogP contribution is -2.19. The maximum absolute atomic E-state index is 4.58. The minimum absolute atomic E-state index is 0.344. The van der Waals surface area contributed by atoms with Crippen molar-refractivity contribution in [1.82, 2.24) is 15.1 Å². The average Bonchev–Trinajstić information content (AvgIpc) is 3.02. The van der Waals surface area contributed by atoms with Gasteiger partial charge in [0.2, 0.25) is 0 Å². The van der Waals surface area contributed by atoms with E-state index in [0.717, 1.165) is 29.4 Å². The van der Waals surface area contributed by atoms with Crippen LogP contribution < -0.4 is 5.32 Å². The Morgan fingerprint density at radius 3 is 2.60 bits per heavy atom. The summed E-state index contributed by atoms with van der Waals surface area (Å²) in [5.74, 6) is 0. The zero-order chi connectivity index (χ0) is 14.7. The highest BCUT2D eigenvalue weighted by molar-refractivity contribution is 9.10. The molecular formula is C15H22BrN3S. The van der Waals surface area contributed by atoms with Gasteiger partial charge in [-0.05, 0) is 48.0 Å². The third kappa shape index (κ3) is 3.15. The molecular weight excluding hydrogens is 334 g/mol. The van der Waals surface area contributed by atoms with Crippen molar-refractivity contribution in [2.45, 2.75) is 39.2 Å². The zero-order valence-corrected chi connectivity index (χ0v) is 14.9. The van der Waals surface area contributed by atoms with Crippen LogP contribution in [-0.4, -0.2) is 16.8 Å². The molecule has 0 bridgehead atoms. The summed E-state index contributed by atoms with van der Waals surface area (Å²) in [6, 6.07) is 4.83. The maximum atomic E-state index is 4.58. The first-order chi connectivity index (χ1) is 9.60. The van der Waals surface area contributed by atoms with E-state index in [-0.39, 0.29) is 0 Å². The number of aryl methyl sites for hydroxylation is 3. The van der Waals surface area contributed by atoms with Crippen molar-refractivity contribution in [1.29, 1.82) is 0 Å². The van der Waals surface area contributed by atoms with Gasteiger partial charge in [-0.25, -0.2) is 0 Å². The highest BCUT2D eigenvalue weighted by Gasteiger charge is 2.19. The van der Waals surface area contributed by atoms with Gasteiger partial charge in [-0.2, -0.15) is 5.10 Å². The molecule has 0 aliphatic heterocycles. The minimum Gasteiger partial charge on any atom is -0.312 e. The van der Waals surface area contributed by atoms with Crippen LogP contribution in [-0.2, 0) is 26.3 Å². The minimum atomic E-state index is 0.344. The van der Waals surface area contributed by atoms with Crippen molar-refractivity contribution in [2.24, 2.45) is 7.05 Å². The van der Waals surface area contributed by atoms with Crippen molar-refractivity contribution in [3.8, 4) is 0 Å². The van der Waals surface area contributed by atoms with Crippen LogP contribution in [0.3, 0.4) is 0 Å². The quantitative estimate of drug-likeness (QED) is 0.852. The van der Waals surface area contributed by atoms with Crippen LogP contribution in [0.5, 0.6) is 0 Å². The van der Waals surface area contributed by atoms with Crippen molar-refractivity contribution in [3.05, 3.63) is 37.7 Å². The molecule has 0 spiro atoms. The third-order valence-corrected chi connectivity index (χ3v) is 5.88. The fourth-order valence-electron chi connectivity index (χ4n) is 2.35. The number of nitrogens with zero attached hydrogens (tertiary/aromatic N) is 2. The van der Waals surface area contributed by atoms with E-state index in [1.807, 2.05) is 30.1 Å². The van der Waals surface area contributed by atoms with Crippen molar-refractivity contribution < 1.29 is 0 Å². The van der Waals surface area contributed by atoms with Gasteiger partial charge in [-0.15, -0.1) is 11.3 Å². The van der Waals surface area contributed by atoms with E-state index in [9.17, 15) is 0 Å². The summed E-state index contributed by atoms with van der Waals surface area (Å²) in [5.41, 5.74) is 2.39. The Morgan fingerprint density at radius 1 is 1.35 bits per heavy atom. The average molecular weight is 356 g/mol. The van der Waals surface area contributed by atoms with Gasteiger partial charge in [0, 0.05) is 29.3 Å². The van der Waals surface area contributed by atoms with Gasteiger partial charge in [0.15, 0.2) is 0 Å². The van der Waals surface area contributed by atoms with Gasteiger partial charge < -0.3 is 5.32 Å². The molecule has 2 aromatic heterocycles. The molecule has 0 fully saturated rings. The van der Waals surface area contributed by atoms with Crippen molar-refractivity contribution in [2.75, 3.05) is 7.05 Å². The fourth-order valence-corrected chi connectivity index (χ4v) is 4.19. The second kappa shape index (κ2) is 6.87. The summed E-state index contributed by atoms with van der Waals surface area (Å²) in [4.78, 5) is 2.84. The maximum Gasteiger partial charge on any atom is 0.0766 e. The lowest BCUT2D eigenvalue weighted by molar-refractivity contribution is 0.567. The SMILES string of the molecule is CCc1ccc(C(Cc2c(Br)c(CC)nn2C)NC)s1. The van der Waals surface area contributed by atoms with Gasteiger partial charge in [0.1, 0.15) is 0 Å². The summed E-state index contributed by atoms with van der Waals surface area (Å²) in [7, 11) is 4.05. The fraction of sp³-hybridized carbons (Fsp3) is 0.533. The van der Waals surface area contributed by atoms with Crippen LogP contribution in [0.15, 0.2) is 16.6 Å². The van der Waals surface area contributed by atoms with E-state index in [1.54, 1.807) is 0 Å². The zero-order valence-electron chi connectivity index (χ0n) is 12.5. The van der Waals surface area contributed by atoms with Crippen LogP contribution >= 0.6 is 27.3 Å². The second-order valence-corrected chi connectivity index (χ2v) is 6.88. The summed E-state index contributed by atoms with van der Waals surface area (Å²) in [6.45, 7) is 4.34. The van der Waals surface area contributed by atoms with Gasteiger partial charge >= 0.3 is 0 Å². The number of halogens is 1. The van der Waals surface area contributed by atoms with E-state index < -0.39 is 0 Å². The third-order valence-electron chi connectivity index (χ3n) is 3.62. The summed E-state index contributed by atoms with van der Waals surface area (Å²) in [5, 5.41) is 8.01. The largest absolute Gasteiger partial charge is 0.312 e. The highest BCUT2D eigenvalue weighted by Crippen LogP contribution is 2.30. The molecule has 0 radical (unpaired) electrons. The molecule has 0 amide bonds. The number of aromatic nitrogens is 2. The first-order valence-electron chi connectivity index (χ1n) is 7.06. The Morgan fingerprint density at radius 2 is 2.10 bits per heavy atom. The molecule has 2 heterocycles. The first-order valence-corrected chi connectivity index (χ1v) is 8.67. The van der Waals surface area contributed by atoms with E-state index in [2.05, 4.69) is 52.3 Å². The number of nitrogens with one attached hydrogen (secondary N) is 1. The second-order valence-electron chi connectivity index (χ2n) is 4.89. The molecule has 5 heteroatoms. The molecule has 1 unspecified atom stereocenters. The van der Waals surface area contributed by atoms with E-state index in [4.69, 9.17) is 0 Å². The summed E-state index contributed by atoms with van der Waals surface area (Å²) >= 11 is 5.61. The molecule has 1 atom stereocenters. The van der Waals surface area contributed by atoms with Gasteiger partial charge in [-0.3, -0.25) is 4.68 Å². The normalized spacial score (nSPS) is 12.8. The smallest absolute Gasteiger partial charge is 0.0766 e. The summed E-state index contributed by atoms with van der Waals surface area (Å²) < 4.78 is 3.16. The number of hydrogen-bond donors (Lipinski definition) is 1. The van der Waals surface area contributed by atoms with Gasteiger partial charge in [-0.1, -0.05) is 13.8 Å². The van der Waals surface area contributed by atoms with Crippen LogP contribution in [0.1, 0.15) is 41.0 Å². The first kappa shape index (κ1) is 15.7. The van der Waals surface area contributed by atoms with Gasteiger partial charge in [0.25, 0.3) is 0 Å². The molecule has 110 valence electrons. The Bertz CT molecular complexity index is 574. The molecule has 0 aliphatic rings. The van der Waals surface area contributed by atoms with Crippen LogP contribution in [0.2, 0.25) is 0 Å². The van der Waals surface area contributed by atoms with E-state index >= 15 is 0 Å². The Balaban J connectivity index is 2.24. The number of thiophene rings is 1. The topological polar surface area (TPSA) is 29.9 Å². The van der Waals surface area contributed by atoms with Crippen LogP contribution in [0.25, 0.3) is 0 Å². The van der Waals surface area contributed by atoms with E-state index in [0.29, 0.717) is 6.04 Å². The number of hydrogen-bond acceptors (Lipinski definition) is 3. The van der Waals surface area contributed by atoms with Crippen LogP contribution in [0.4, 0.5) is 0 Å². The standard InChI is InChI=1S/C15H22BrN3S/c1-5-10-7-8-14(20-10)12(17-3)9-13-15(16)11(6-2)18-19(13)4/h7-8,12,17H,5-6,9H2,1-4H3. The van der Waals surface area contributed by atoms with Crippen molar-refractivity contribution >= 4 is 27.3 Å². The molecule has 0 saturated carbocycles. The molecule has 0 aromatic carbocycles. The Kier molecular flexibility index (Phi) is 5.41. The molecule has 2 rings (SSSR count). The monoisotopic (exact) mass is 355 g/mol. The Hall–Kier alpha value is -0.650. The molecule has 20 heavy (non-hydrogen) atoms. The van der Waals surface area contributed by atoms with E-state index in [1.165, 1.54) is 15.4 Å². The molecule has 0 saturated heterocycles. The van der Waals surface area contributed by atoms with Gasteiger partial charge in [0.05, 0.1) is 15.9 Å². The Labute approximate surface area is 133 Å². The predicted octanol–water partition coefficient (Wildman–Crippen LogP) is 3.87.